The fourth-order valence-corrected chi connectivity index (χ4v) is 0.292. The molecule has 0 amide bonds. The lowest BCUT2D eigenvalue weighted by Crippen LogP contribution is -2.05. The third-order valence-corrected chi connectivity index (χ3v) is 0.738. The standard InChI is InChI=1S/C5H8ClO2/c1-2-3-8-5(7)4-6/h2H,3-4H2,1H3. The lowest BCUT2D eigenvalue weighted by Gasteiger charge is -1.96. The van der Waals surface area contributed by atoms with Crippen LogP contribution in [0.25, 0.3) is 0 Å². The molecular formula is C5H8ClO2. The number of carbonyl (C=O) groups is 1. The van der Waals surface area contributed by atoms with Crippen LogP contribution >= 0.6 is 11.6 Å². The molecule has 0 aliphatic rings. The molecule has 0 atom stereocenters. The van der Waals surface area contributed by atoms with E-state index in [1.165, 1.54) is 0 Å². The molecule has 0 saturated heterocycles. The fourth-order valence-electron chi connectivity index (χ4n) is 0.215. The number of hydrogen-bond donors (Lipinski definition) is 0. The van der Waals surface area contributed by atoms with Gasteiger partial charge in [0.15, 0.2) is 0 Å². The van der Waals surface area contributed by atoms with Gasteiger partial charge in [-0.25, -0.2) is 0 Å². The second kappa shape index (κ2) is 4.91. The summed E-state index contributed by atoms with van der Waals surface area (Å²) in [5.74, 6) is -0.432. The van der Waals surface area contributed by atoms with Crippen molar-refractivity contribution in [1.82, 2.24) is 0 Å². The van der Waals surface area contributed by atoms with Gasteiger partial charge in [0, 0.05) is 0 Å². The first-order valence-electron chi connectivity index (χ1n) is 2.30. The first-order valence-corrected chi connectivity index (χ1v) is 2.84. The Labute approximate surface area is 53.8 Å². The summed E-state index contributed by atoms with van der Waals surface area (Å²) in [6.07, 6.45) is 1.74. The minimum Gasteiger partial charge on any atom is -0.465 e. The molecule has 0 rings (SSSR count). The lowest BCUT2D eigenvalue weighted by molar-refractivity contribution is -0.139. The number of ether oxygens (including phenoxy) is 1. The molecule has 1 radical (unpaired) electrons. The van der Waals surface area contributed by atoms with E-state index in [1.54, 1.807) is 6.42 Å². The summed E-state index contributed by atoms with van der Waals surface area (Å²) in [5, 5.41) is 0. The summed E-state index contributed by atoms with van der Waals surface area (Å²) in [4.78, 5) is 10.2. The van der Waals surface area contributed by atoms with Crippen LogP contribution in [0.15, 0.2) is 0 Å². The molecule has 0 saturated carbocycles. The number of esters is 1. The topological polar surface area (TPSA) is 26.3 Å². The largest absolute Gasteiger partial charge is 0.465 e. The van der Waals surface area contributed by atoms with E-state index in [1.807, 2.05) is 6.92 Å². The van der Waals surface area contributed by atoms with E-state index < -0.39 is 0 Å². The molecule has 47 valence electrons. The number of alkyl halides is 1. The number of halogens is 1. The molecule has 0 aliphatic carbocycles. The predicted octanol–water partition coefficient (Wildman–Crippen LogP) is 0.993. The Balaban J connectivity index is 2.99. The molecule has 0 aromatic heterocycles. The van der Waals surface area contributed by atoms with E-state index in [0.29, 0.717) is 6.61 Å². The summed E-state index contributed by atoms with van der Waals surface area (Å²) in [6.45, 7) is 2.16. The van der Waals surface area contributed by atoms with Gasteiger partial charge >= 0.3 is 5.97 Å². The van der Waals surface area contributed by atoms with Crippen LogP contribution in [0.5, 0.6) is 0 Å². The van der Waals surface area contributed by atoms with Crippen LogP contribution in [0.4, 0.5) is 0 Å². The molecule has 0 heterocycles. The molecule has 8 heavy (non-hydrogen) atoms. The van der Waals surface area contributed by atoms with Crippen molar-refractivity contribution in [1.29, 1.82) is 0 Å². The quantitative estimate of drug-likeness (QED) is 0.426. The Bertz CT molecular complexity index is 72.8. The van der Waals surface area contributed by atoms with Crippen molar-refractivity contribution in [2.75, 3.05) is 12.5 Å². The molecule has 0 spiro atoms. The van der Waals surface area contributed by atoms with Gasteiger partial charge < -0.3 is 4.74 Å². The molecule has 0 aliphatic heterocycles. The zero-order valence-electron chi connectivity index (χ0n) is 4.69. The third-order valence-electron chi connectivity index (χ3n) is 0.520. The molecule has 0 bridgehead atoms. The molecule has 0 aromatic carbocycles. The summed E-state index contributed by atoms with van der Waals surface area (Å²) in [7, 11) is 0. The highest BCUT2D eigenvalue weighted by atomic mass is 35.5. The van der Waals surface area contributed by atoms with E-state index in [0.717, 1.165) is 0 Å². The first-order chi connectivity index (χ1) is 3.81. The first kappa shape index (κ1) is 7.76. The SMILES string of the molecule is C[CH]COC(=O)CCl. The lowest BCUT2D eigenvalue weighted by atomic mass is 10.5. The maximum atomic E-state index is 10.2. The Morgan fingerprint density at radius 1 is 1.88 bits per heavy atom. The van der Waals surface area contributed by atoms with Crippen molar-refractivity contribution in [3.05, 3.63) is 6.42 Å². The van der Waals surface area contributed by atoms with E-state index >= 15 is 0 Å². The highest BCUT2D eigenvalue weighted by molar-refractivity contribution is 6.26. The van der Waals surface area contributed by atoms with E-state index in [2.05, 4.69) is 4.74 Å². The normalized spacial score (nSPS) is 8.75. The van der Waals surface area contributed by atoms with Gasteiger partial charge in [0.1, 0.15) is 5.88 Å². The highest BCUT2D eigenvalue weighted by Gasteiger charge is 1.95. The van der Waals surface area contributed by atoms with Crippen LogP contribution < -0.4 is 0 Å². The van der Waals surface area contributed by atoms with Crippen molar-refractivity contribution < 1.29 is 9.53 Å². The van der Waals surface area contributed by atoms with Gasteiger partial charge in [-0.2, -0.15) is 0 Å². The Hall–Kier alpha value is -0.240. The molecule has 0 unspecified atom stereocenters. The summed E-state index contributed by atoms with van der Waals surface area (Å²) < 4.78 is 4.51. The van der Waals surface area contributed by atoms with Gasteiger partial charge in [0.2, 0.25) is 0 Å². The van der Waals surface area contributed by atoms with Crippen LogP contribution in [0.2, 0.25) is 0 Å². The molecular weight excluding hydrogens is 128 g/mol. The number of rotatable bonds is 3. The van der Waals surface area contributed by atoms with E-state index in [-0.39, 0.29) is 11.8 Å². The van der Waals surface area contributed by atoms with Crippen molar-refractivity contribution in [3.8, 4) is 0 Å². The molecule has 2 nitrogen and oxygen atoms in total. The highest BCUT2D eigenvalue weighted by Crippen LogP contribution is 1.83. The van der Waals surface area contributed by atoms with Gasteiger partial charge in [0.25, 0.3) is 0 Å². The Morgan fingerprint density at radius 2 is 2.50 bits per heavy atom. The van der Waals surface area contributed by atoms with Gasteiger partial charge in [-0.05, 0) is 6.42 Å². The van der Waals surface area contributed by atoms with Crippen LogP contribution in [-0.4, -0.2) is 18.5 Å². The van der Waals surface area contributed by atoms with Gasteiger partial charge in [-0.3, -0.25) is 4.79 Å². The Morgan fingerprint density at radius 3 is 2.88 bits per heavy atom. The van der Waals surface area contributed by atoms with Crippen molar-refractivity contribution >= 4 is 17.6 Å². The molecule has 0 N–H and O–H groups in total. The molecule has 0 aromatic rings. The van der Waals surface area contributed by atoms with Gasteiger partial charge in [-0.15, -0.1) is 11.6 Å². The summed E-state index contributed by atoms with van der Waals surface area (Å²) in [5.41, 5.74) is 0. The average Bonchev–Trinajstić information content (AvgIpc) is 1.83. The minimum atomic E-state index is -0.371. The zero-order chi connectivity index (χ0) is 6.41. The van der Waals surface area contributed by atoms with Crippen LogP contribution in [0, 0.1) is 6.42 Å². The molecule has 3 heteroatoms. The monoisotopic (exact) mass is 135 g/mol. The van der Waals surface area contributed by atoms with Crippen molar-refractivity contribution in [3.63, 3.8) is 0 Å². The predicted molar refractivity (Wildman–Crippen MR) is 31.7 cm³/mol. The third kappa shape index (κ3) is 3.93. The van der Waals surface area contributed by atoms with Crippen LogP contribution in [0.3, 0.4) is 0 Å². The Kier molecular flexibility index (Phi) is 4.76. The second-order valence-electron chi connectivity index (χ2n) is 1.22. The summed E-state index contributed by atoms with van der Waals surface area (Å²) >= 11 is 5.10. The van der Waals surface area contributed by atoms with E-state index in [9.17, 15) is 4.79 Å². The second-order valence-corrected chi connectivity index (χ2v) is 1.49. The number of carbonyl (C=O) groups excluding carboxylic acids is 1. The summed E-state index contributed by atoms with van der Waals surface area (Å²) in [6, 6.07) is 0. The van der Waals surface area contributed by atoms with Crippen LogP contribution in [-0.2, 0) is 9.53 Å². The van der Waals surface area contributed by atoms with Crippen LogP contribution in [0.1, 0.15) is 6.92 Å². The zero-order valence-corrected chi connectivity index (χ0v) is 5.44. The van der Waals surface area contributed by atoms with Gasteiger partial charge in [-0.1, -0.05) is 6.92 Å². The smallest absolute Gasteiger partial charge is 0.320 e. The molecule has 0 fully saturated rings. The number of hydrogen-bond acceptors (Lipinski definition) is 2. The van der Waals surface area contributed by atoms with Crippen molar-refractivity contribution in [2.45, 2.75) is 6.92 Å². The average molecular weight is 136 g/mol. The maximum absolute atomic E-state index is 10.2. The van der Waals surface area contributed by atoms with Crippen molar-refractivity contribution in [2.24, 2.45) is 0 Å². The minimum absolute atomic E-state index is 0.0617. The maximum Gasteiger partial charge on any atom is 0.320 e. The fraction of sp³-hybridized carbons (Fsp3) is 0.600. The van der Waals surface area contributed by atoms with E-state index in [4.69, 9.17) is 11.6 Å². The van der Waals surface area contributed by atoms with Gasteiger partial charge in [0.05, 0.1) is 6.61 Å².